The van der Waals surface area contributed by atoms with Crippen LogP contribution in [0.1, 0.15) is 35.2 Å². The molecule has 0 radical (unpaired) electrons. The van der Waals surface area contributed by atoms with Crippen LogP contribution in [-0.2, 0) is 16.8 Å². The first-order valence-corrected chi connectivity index (χ1v) is 10.7. The van der Waals surface area contributed by atoms with Gasteiger partial charge in [0.05, 0.1) is 14.8 Å². The van der Waals surface area contributed by atoms with E-state index >= 15 is 0 Å². The van der Waals surface area contributed by atoms with Crippen LogP contribution < -0.4 is 10.3 Å². The molecule has 28 heavy (non-hydrogen) atoms. The zero-order valence-corrected chi connectivity index (χ0v) is 16.5. The molecule has 152 valence electrons. The highest BCUT2D eigenvalue weighted by molar-refractivity contribution is 7.93. The second-order valence-corrected chi connectivity index (χ2v) is 9.29. The monoisotopic (exact) mass is 433 g/mol. The van der Waals surface area contributed by atoms with Crippen molar-refractivity contribution >= 4 is 32.8 Å². The molecule has 0 aliphatic carbocycles. The molecule has 1 aliphatic rings. The van der Waals surface area contributed by atoms with Gasteiger partial charge in [0.2, 0.25) is 5.78 Å². The average molecular weight is 434 g/mol. The summed E-state index contributed by atoms with van der Waals surface area (Å²) < 4.78 is 48.3. The molecule has 11 heteroatoms. The number of rotatable bonds is 5. The van der Waals surface area contributed by atoms with Crippen molar-refractivity contribution in [1.29, 1.82) is 0 Å². The second-order valence-electron chi connectivity index (χ2n) is 6.37. The van der Waals surface area contributed by atoms with E-state index in [1.54, 1.807) is 0 Å². The first-order chi connectivity index (χ1) is 13.2. The van der Waals surface area contributed by atoms with Gasteiger partial charge in [0.15, 0.2) is 5.75 Å². The first-order valence-electron chi connectivity index (χ1n) is 8.51. The molecule has 0 unspecified atom stereocenters. The van der Waals surface area contributed by atoms with Gasteiger partial charge in [-0.1, -0.05) is 18.0 Å². The SMILES string of the molecule is Cn1[nH]cc(C(=O)c2ccc(OC(F)F)c(N=S3(=O)CCCCC3)c2Cl)c1=O. The van der Waals surface area contributed by atoms with Crippen LogP contribution in [0.4, 0.5) is 14.5 Å². The summed E-state index contributed by atoms with van der Waals surface area (Å²) in [6, 6.07) is 2.30. The van der Waals surface area contributed by atoms with Crippen molar-refractivity contribution in [3.63, 3.8) is 0 Å². The molecule has 1 aromatic carbocycles. The third-order valence-corrected chi connectivity index (χ3v) is 7.16. The number of carbonyl (C=O) groups excluding carboxylic acids is 1. The van der Waals surface area contributed by atoms with Gasteiger partial charge in [0.25, 0.3) is 5.56 Å². The fourth-order valence-electron chi connectivity index (χ4n) is 2.96. The fourth-order valence-corrected chi connectivity index (χ4v) is 5.51. The molecule has 2 heterocycles. The summed E-state index contributed by atoms with van der Waals surface area (Å²) in [5.74, 6) is -0.445. The number of H-pyrrole nitrogens is 1. The minimum absolute atomic E-state index is 0.113. The number of alkyl halides is 2. The van der Waals surface area contributed by atoms with Crippen molar-refractivity contribution in [2.45, 2.75) is 25.9 Å². The van der Waals surface area contributed by atoms with Gasteiger partial charge in [-0.2, -0.15) is 13.1 Å². The highest BCUT2D eigenvalue weighted by atomic mass is 35.5. The molecule has 1 saturated heterocycles. The smallest absolute Gasteiger partial charge is 0.387 e. The van der Waals surface area contributed by atoms with Gasteiger partial charge in [-0.3, -0.25) is 14.3 Å². The molecular formula is C17H18ClF2N3O4S. The lowest BCUT2D eigenvalue weighted by atomic mass is 10.1. The van der Waals surface area contributed by atoms with Crippen LogP contribution in [0, 0.1) is 0 Å². The molecule has 7 nitrogen and oxygen atoms in total. The van der Waals surface area contributed by atoms with E-state index < -0.39 is 27.7 Å². The van der Waals surface area contributed by atoms with E-state index in [2.05, 4.69) is 14.2 Å². The minimum atomic E-state index is -3.15. The lowest BCUT2D eigenvalue weighted by Gasteiger charge is -2.17. The summed E-state index contributed by atoms with van der Waals surface area (Å²) in [5, 5.41) is 2.30. The lowest BCUT2D eigenvalue weighted by molar-refractivity contribution is -0.0494. The summed E-state index contributed by atoms with van der Waals surface area (Å²) in [6.45, 7) is -3.15. The van der Waals surface area contributed by atoms with Gasteiger partial charge < -0.3 is 9.84 Å². The Labute approximate surface area is 164 Å². The van der Waals surface area contributed by atoms with Crippen LogP contribution in [0.3, 0.4) is 0 Å². The van der Waals surface area contributed by atoms with Crippen LogP contribution in [0.5, 0.6) is 5.75 Å². The van der Waals surface area contributed by atoms with Gasteiger partial charge in [0.1, 0.15) is 11.3 Å². The Bertz CT molecular complexity index is 1070. The molecule has 2 aromatic rings. The largest absolute Gasteiger partial charge is 0.432 e. The van der Waals surface area contributed by atoms with Crippen molar-refractivity contribution in [2.75, 3.05) is 11.5 Å². The van der Waals surface area contributed by atoms with Gasteiger partial charge in [-0.25, -0.2) is 4.21 Å². The Balaban J connectivity index is 2.15. The van der Waals surface area contributed by atoms with Crippen LogP contribution in [-0.4, -0.2) is 37.9 Å². The second kappa shape index (κ2) is 8.04. The average Bonchev–Trinajstić information content (AvgIpc) is 2.97. The topological polar surface area (TPSA) is 93.5 Å². The van der Waals surface area contributed by atoms with E-state index in [1.165, 1.54) is 19.3 Å². The van der Waals surface area contributed by atoms with E-state index in [0.29, 0.717) is 24.3 Å². The summed E-state index contributed by atoms with van der Waals surface area (Å²) in [6.07, 6.45) is 3.53. The normalized spacial score (nSPS) is 16.2. The van der Waals surface area contributed by atoms with Crippen molar-refractivity contribution in [3.8, 4) is 5.75 Å². The number of halogens is 3. The van der Waals surface area contributed by atoms with Crippen molar-refractivity contribution in [3.05, 3.63) is 44.8 Å². The fraction of sp³-hybridized carbons (Fsp3) is 0.412. The molecule has 0 spiro atoms. The van der Waals surface area contributed by atoms with E-state index in [9.17, 15) is 22.6 Å². The maximum atomic E-state index is 13.0. The van der Waals surface area contributed by atoms with Gasteiger partial charge in [0, 0.05) is 30.3 Å². The van der Waals surface area contributed by atoms with Crippen molar-refractivity contribution < 1.29 is 22.5 Å². The van der Waals surface area contributed by atoms with Gasteiger partial charge in [-0.15, -0.1) is 0 Å². The number of nitrogens with zero attached hydrogens (tertiary/aromatic N) is 2. The number of aromatic nitrogens is 2. The Morgan fingerprint density at radius 3 is 2.54 bits per heavy atom. The Morgan fingerprint density at radius 1 is 1.29 bits per heavy atom. The number of hydrogen-bond donors (Lipinski definition) is 1. The number of benzene rings is 1. The number of nitrogens with one attached hydrogen (secondary N) is 1. The van der Waals surface area contributed by atoms with Crippen LogP contribution in [0.25, 0.3) is 0 Å². The molecule has 1 aliphatic heterocycles. The van der Waals surface area contributed by atoms with Gasteiger partial charge >= 0.3 is 6.61 Å². The Morgan fingerprint density at radius 2 is 1.96 bits per heavy atom. The number of ether oxygens (including phenoxy) is 1. The third kappa shape index (κ3) is 4.12. The maximum absolute atomic E-state index is 13.0. The molecule has 0 saturated carbocycles. The number of hydrogen-bond acceptors (Lipinski definition) is 5. The maximum Gasteiger partial charge on any atom is 0.387 e. The molecule has 1 aromatic heterocycles. The van der Waals surface area contributed by atoms with Gasteiger partial charge in [-0.05, 0) is 25.0 Å². The predicted octanol–water partition coefficient (Wildman–Crippen LogP) is 3.48. The third-order valence-electron chi connectivity index (χ3n) is 4.41. The highest BCUT2D eigenvalue weighted by Crippen LogP contribution is 2.40. The molecule has 3 rings (SSSR count). The standard InChI is InChI=1S/C17H18ClF2N3O4S/c1-23-16(25)11(9-21-23)15(24)10-5-6-12(27-17(19)20)14(13(10)18)22-28(26)7-3-2-4-8-28/h5-6,9,17,21H,2-4,7-8H2,1H3. The predicted molar refractivity (Wildman–Crippen MR) is 101 cm³/mol. The van der Waals surface area contributed by atoms with Crippen LogP contribution in [0.15, 0.2) is 27.5 Å². The molecule has 0 atom stereocenters. The quantitative estimate of drug-likeness (QED) is 0.730. The van der Waals surface area contributed by atoms with Crippen LogP contribution in [0.2, 0.25) is 5.02 Å². The van der Waals surface area contributed by atoms with Crippen LogP contribution >= 0.6 is 11.6 Å². The molecule has 0 amide bonds. The number of aryl methyl sites for hydroxylation is 1. The summed E-state index contributed by atoms with van der Waals surface area (Å²) in [5.41, 5.74) is -1.10. The zero-order valence-electron chi connectivity index (χ0n) is 14.9. The minimum Gasteiger partial charge on any atom is -0.432 e. The Hall–Kier alpha value is -2.20. The van der Waals surface area contributed by atoms with E-state index in [1.807, 2.05) is 0 Å². The molecule has 1 N–H and O–H groups in total. The summed E-state index contributed by atoms with van der Waals surface area (Å²) in [4.78, 5) is 24.8. The zero-order chi connectivity index (χ0) is 20.5. The van der Waals surface area contributed by atoms with Crippen molar-refractivity contribution in [2.24, 2.45) is 11.4 Å². The lowest BCUT2D eigenvalue weighted by Crippen LogP contribution is -2.19. The first kappa shape index (κ1) is 20.5. The van der Waals surface area contributed by atoms with Crippen molar-refractivity contribution in [1.82, 2.24) is 9.78 Å². The summed E-state index contributed by atoms with van der Waals surface area (Å²) in [7, 11) is -1.26. The molecule has 0 bridgehead atoms. The molecule has 1 fully saturated rings. The summed E-state index contributed by atoms with van der Waals surface area (Å²) >= 11 is 6.30. The Kier molecular flexibility index (Phi) is 5.90. The van der Waals surface area contributed by atoms with E-state index in [0.717, 1.165) is 17.2 Å². The van der Waals surface area contributed by atoms with E-state index in [-0.39, 0.29) is 27.6 Å². The number of carbonyl (C=O) groups is 1. The molecular weight excluding hydrogens is 416 g/mol. The number of aromatic amines is 1. The number of ketones is 1. The van der Waals surface area contributed by atoms with E-state index in [4.69, 9.17) is 11.6 Å². The highest BCUT2D eigenvalue weighted by Gasteiger charge is 2.25.